The molecule has 1 fully saturated rings. The highest BCUT2D eigenvalue weighted by Crippen LogP contribution is 2.27. The number of likely N-dealkylation sites (tertiary alicyclic amines) is 1. The van der Waals surface area contributed by atoms with E-state index in [4.69, 9.17) is 0 Å². The van der Waals surface area contributed by atoms with Gasteiger partial charge in [0.25, 0.3) is 5.91 Å². The van der Waals surface area contributed by atoms with Gasteiger partial charge in [-0.2, -0.15) is 0 Å². The van der Waals surface area contributed by atoms with Crippen LogP contribution >= 0.6 is 11.3 Å². The standard InChI is InChI=1S/C23H23N3O4S/c1-14-21(31-13-25-14)16-7-5-15(6-8-16)11-24-22(29)20-10-19(28)12-26(20)23(30)17-3-2-4-18(27)9-17/h2-9,13,19-20,27-28H,10-12H2,1H3,(H,24,29)/t19-,20?/m1/s1. The SMILES string of the molecule is Cc1ncsc1-c1ccc(CNC(=O)C2C[C@@H](O)CN2C(=O)c2cccc(O)c2)cc1. The molecule has 2 heterocycles. The van der Waals surface area contributed by atoms with Crippen molar-refractivity contribution < 1.29 is 19.8 Å². The Bertz CT molecular complexity index is 1100. The number of hydrogen-bond acceptors (Lipinski definition) is 6. The van der Waals surface area contributed by atoms with Gasteiger partial charge in [0.2, 0.25) is 5.91 Å². The molecular formula is C23H23N3O4S. The number of rotatable bonds is 5. The van der Waals surface area contributed by atoms with E-state index in [0.717, 1.165) is 21.7 Å². The summed E-state index contributed by atoms with van der Waals surface area (Å²) in [6.45, 7) is 2.37. The maximum atomic E-state index is 12.8. The van der Waals surface area contributed by atoms with Crippen LogP contribution in [0.25, 0.3) is 10.4 Å². The number of carbonyl (C=O) groups is 2. The van der Waals surface area contributed by atoms with Gasteiger partial charge in [0.15, 0.2) is 0 Å². The van der Waals surface area contributed by atoms with E-state index in [1.807, 2.05) is 36.7 Å². The van der Waals surface area contributed by atoms with E-state index >= 15 is 0 Å². The van der Waals surface area contributed by atoms with E-state index < -0.39 is 18.1 Å². The zero-order chi connectivity index (χ0) is 22.0. The maximum Gasteiger partial charge on any atom is 0.254 e. The summed E-state index contributed by atoms with van der Waals surface area (Å²) in [4.78, 5) is 32.4. The van der Waals surface area contributed by atoms with Gasteiger partial charge >= 0.3 is 0 Å². The number of phenols is 1. The number of hydrogen-bond donors (Lipinski definition) is 3. The first-order valence-corrected chi connectivity index (χ1v) is 10.9. The Kier molecular flexibility index (Phi) is 6.01. The van der Waals surface area contributed by atoms with E-state index in [1.54, 1.807) is 23.5 Å². The first kappa shape index (κ1) is 21.0. The monoisotopic (exact) mass is 437 g/mol. The molecule has 2 aromatic carbocycles. The van der Waals surface area contributed by atoms with Crippen molar-refractivity contribution in [3.8, 4) is 16.2 Å². The number of aliphatic hydroxyl groups excluding tert-OH is 1. The van der Waals surface area contributed by atoms with Crippen LogP contribution in [0.1, 0.15) is 28.0 Å². The third kappa shape index (κ3) is 4.60. The molecule has 1 aromatic heterocycles. The molecule has 0 spiro atoms. The number of β-amino-alcohol motifs (C(OH)–C–C–N with tert-alkyl or cyclic N) is 1. The number of amides is 2. The number of aryl methyl sites for hydroxylation is 1. The van der Waals surface area contributed by atoms with Crippen LogP contribution in [0.3, 0.4) is 0 Å². The Hall–Kier alpha value is -3.23. The number of thiazole rings is 1. The summed E-state index contributed by atoms with van der Waals surface area (Å²) >= 11 is 1.59. The molecule has 2 atom stereocenters. The Morgan fingerprint density at radius 1 is 1.23 bits per heavy atom. The summed E-state index contributed by atoms with van der Waals surface area (Å²) in [6, 6.07) is 13.1. The summed E-state index contributed by atoms with van der Waals surface area (Å²) in [5, 5.41) is 22.6. The van der Waals surface area contributed by atoms with Gasteiger partial charge in [0.05, 0.1) is 22.2 Å². The minimum Gasteiger partial charge on any atom is -0.508 e. The molecule has 3 N–H and O–H groups in total. The van der Waals surface area contributed by atoms with Gasteiger partial charge in [-0.3, -0.25) is 9.59 Å². The first-order valence-electron chi connectivity index (χ1n) is 9.97. The molecule has 160 valence electrons. The van der Waals surface area contributed by atoms with Gasteiger partial charge in [0.1, 0.15) is 11.8 Å². The Morgan fingerprint density at radius 2 is 2.00 bits per heavy atom. The summed E-state index contributed by atoms with van der Waals surface area (Å²) in [5.74, 6) is -0.729. The molecular weight excluding hydrogens is 414 g/mol. The minimum absolute atomic E-state index is 0.0245. The molecule has 3 aromatic rings. The van der Waals surface area contributed by atoms with Gasteiger partial charge in [-0.25, -0.2) is 4.98 Å². The van der Waals surface area contributed by atoms with Crippen molar-refractivity contribution in [1.29, 1.82) is 0 Å². The van der Waals surface area contributed by atoms with E-state index in [-0.39, 0.29) is 30.2 Å². The van der Waals surface area contributed by atoms with Gasteiger partial charge in [-0.15, -0.1) is 11.3 Å². The normalized spacial score (nSPS) is 18.2. The highest BCUT2D eigenvalue weighted by atomic mass is 32.1. The highest BCUT2D eigenvalue weighted by Gasteiger charge is 2.39. The van der Waals surface area contributed by atoms with Crippen LogP contribution < -0.4 is 5.32 Å². The van der Waals surface area contributed by atoms with E-state index in [1.165, 1.54) is 17.0 Å². The van der Waals surface area contributed by atoms with E-state index in [0.29, 0.717) is 6.54 Å². The molecule has 7 nitrogen and oxygen atoms in total. The second-order valence-electron chi connectivity index (χ2n) is 7.59. The molecule has 0 saturated carbocycles. The smallest absolute Gasteiger partial charge is 0.254 e. The molecule has 8 heteroatoms. The number of carbonyl (C=O) groups excluding carboxylic acids is 2. The predicted octanol–water partition coefficient (Wildman–Crippen LogP) is 2.72. The molecule has 1 aliphatic rings. The number of nitrogens with zero attached hydrogens (tertiary/aromatic N) is 2. The molecule has 0 bridgehead atoms. The highest BCUT2D eigenvalue weighted by molar-refractivity contribution is 7.13. The molecule has 1 aliphatic heterocycles. The fourth-order valence-corrected chi connectivity index (χ4v) is 4.56. The molecule has 1 unspecified atom stereocenters. The van der Waals surface area contributed by atoms with Crippen molar-refractivity contribution in [2.45, 2.75) is 32.0 Å². The van der Waals surface area contributed by atoms with Crippen molar-refractivity contribution in [1.82, 2.24) is 15.2 Å². The van der Waals surface area contributed by atoms with Crippen molar-refractivity contribution in [3.63, 3.8) is 0 Å². The van der Waals surface area contributed by atoms with Crippen LogP contribution in [0.2, 0.25) is 0 Å². The molecule has 0 radical (unpaired) electrons. The van der Waals surface area contributed by atoms with Crippen LogP contribution in [0.4, 0.5) is 0 Å². The predicted molar refractivity (Wildman–Crippen MR) is 118 cm³/mol. The molecule has 2 amide bonds. The summed E-state index contributed by atoms with van der Waals surface area (Å²) in [5.41, 5.74) is 5.10. The summed E-state index contributed by atoms with van der Waals surface area (Å²) in [7, 11) is 0. The second kappa shape index (κ2) is 8.87. The number of aliphatic hydroxyl groups is 1. The first-order chi connectivity index (χ1) is 14.9. The molecule has 4 rings (SSSR count). The van der Waals surface area contributed by atoms with Crippen molar-refractivity contribution >= 4 is 23.2 Å². The lowest BCUT2D eigenvalue weighted by Gasteiger charge is -2.24. The Balaban J connectivity index is 1.41. The molecule has 1 saturated heterocycles. The quantitative estimate of drug-likeness (QED) is 0.570. The van der Waals surface area contributed by atoms with Crippen LogP contribution in [0.15, 0.2) is 54.0 Å². The maximum absolute atomic E-state index is 12.8. The van der Waals surface area contributed by atoms with Crippen LogP contribution in [-0.4, -0.2) is 50.6 Å². The van der Waals surface area contributed by atoms with Gasteiger partial charge < -0.3 is 20.4 Å². The van der Waals surface area contributed by atoms with Crippen LogP contribution in [-0.2, 0) is 11.3 Å². The minimum atomic E-state index is -0.765. The number of aromatic nitrogens is 1. The number of aromatic hydroxyl groups is 1. The molecule has 0 aliphatic carbocycles. The largest absolute Gasteiger partial charge is 0.508 e. The lowest BCUT2D eigenvalue weighted by Crippen LogP contribution is -2.45. The van der Waals surface area contributed by atoms with Gasteiger partial charge in [-0.05, 0) is 36.2 Å². The summed E-state index contributed by atoms with van der Waals surface area (Å²) in [6.07, 6.45) is -0.584. The van der Waals surface area contributed by atoms with Crippen molar-refractivity contribution in [2.24, 2.45) is 0 Å². The number of nitrogens with one attached hydrogen (secondary N) is 1. The van der Waals surface area contributed by atoms with Crippen molar-refractivity contribution in [2.75, 3.05) is 6.54 Å². The second-order valence-corrected chi connectivity index (χ2v) is 8.45. The Labute approximate surface area is 184 Å². The third-order valence-corrected chi connectivity index (χ3v) is 6.34. The van der Waals surface area contributed by atoms with E-state index in [2.05, 4.69) is 10.3 Å². The number of benzene rings is 2. The Morgan fingerprint density at radius 3 is 2.68 bits per heavy atom. The zero-order valence-corrected chi connectivity index (χ0v) is 17.8. The fourth-order valence-electron chi connectivity index (χ4n) is 3.75. The third-order valence-electron chi connectivity index (χ3n) is 5.36. The summed E-state index contributed by atoms with van der Waals surface area (Å²) < 4.78 is 0. The fraction of sp³-hybridized carbons (Fsp3) is 0.261. The van der Waals surface area contributed by atoms with Crippen LogP contribution in [0, 0.1) is 6.92 Å². The number of phenolic OH excluding ortho intramolecular Hbond substituents is 1. The topological polar surface area (TPSA) is 103 Å². The van der Waals surface area contributed by atoms with Gasteiger partial charge in [-0.1, -0.05) is 30.3 Å². The zero-order valence-electron chi connectivity index (χ0n) is 17.0. The average Bonchev–Trinajstić information content (AvgIpc) is 3.37. The average molecular weight is 438 g/mol. The van der Waals surface area contributed by atoms with Crippen molar-refractivity contribution in [3.05, 3.63) is 70.9 Å². The molecule has 31 heavy (non-hydrogen) atoms. The van der Waals surface area contributed by atoms with Crippen LogP contribution in [0.5, 0.6) is 5.75 Å². The van der Waals surface area contributed by atoms with Gasteiger partial charge in [0, 0.05) is 25.1 Å². The van der Waals surface area contributed by atoms with E-state index in [9.17, 15) is 19.8 Å². The lowest BCUT2D eigenvalue weighted by molar-refractivity contribution is -0.125. The lowest BCUT2D eigenvalue weighted by atomic mass is 10.1.